The molecule has 0 amide bonds. The Hall–Kier alpha value is -2.69. The first kappa shape index (κ1) is 12.3. The predicted molar refractivity (Wildman–Crippen MR) is 77.2 cm³/mol. The van der Waals surface area contributed by atoms with Crippen molar-refractivity contribution in [2.75, 3.05) is 12.4 Å². The van der Waals surface area contributed by atoms with Crippen molar-refractivity contribution in [3.63, 3.8) is 0 Å². The third-order valence-electron chi connectivity index (χ3n) is 3.07. The molecule has 3 aromatic rings. The van der Waals surface area contributed by atoms with Crippen molar-refractivity contribution in [3.8, 4) is 23.0 Å². The molecule has 5 nitrogen and oxygen atoms in total. The fraction of sp³-hybridized carbons (Fsp3) is 0.133. The van der Waals surface area contributed by atoms with Gasteiger partial charge in [-0.25, -0.2) is 0 Å². The Morgan fingerprint density at radius 1 is 1.10 bits per heavy atom. The third kappa shape index (κ3) is 2.25. The molecule has 0 unspecified atom stereocenters. The van der Waals surface area contributed by atoms with E-state index in [4.69, 9.17) is 4.52 Å². The van der Waals surface area contributed by atoms with Crippen LogP contribution in [0.1, 0.15) is 5.56 Å². The Morgan fingerprint density at radius 2 is 1.90 bits per heavy atom. The molecule has 0 saturated carbocycles. The number of aryl methyl sites for hydroxylation is 1. The smallest absolute Gasteiger partial charge is 0.258 e. The Bertz CT molecular complexity index is 719. The standard InChI is InChI=1S/C15H14N4O/c1-10-4-3-9-17-13(10)14-18-15(20-19-14)11-5-7-12(16-2)8-6-11/h3-9,16H,1-2H3. The average Bonchev–Trinajstić information content (AvgIpc) is 2.97. The summed E-state index contributed by atoms with van der Waals surface area (Å²) in [6, 6.07) is 11.7. The zero-order valence-electron chi connectivity index (χ0n) is 11.3. The summed E-state index contributed by atoms with van der Waals surface area (Å²) in [6.45, 7) is 1.97. The SMILES string of the molecule is CNc1ccc(-c2nc(-c3ncccc3C)no2)cc1. The Morgan fingerprint density at radius 3 is 2.60 bits per heavy atom. The number of rotatable bonds is 3. The van der Waals surface area contributed by atoms with E-state index in [1.807, 2.05) is 50.4 Å². The number of hydrogen-bond donors (Lipinski definition) is 1. The van der Waals surface area contributed by atoms with E-state index in [1.54, 1.807) is 6.20 Å². The lowest BCUT2D eigenvalue weighted by atomic mass is 10.2. The molecule has 0 atom stereocenters. The largest absolute Gasteiger partial charge is 0.388 e. The first-order valence-corrected chi connectivity index (χ1v) is 6.32. The van der Waals surface area contributed by atoms with Crippen molar-refractivity contribution < 1.29 is 4.52 Å². The van der Waals surface area contributed by atoms with Crippen molar-refractivity contribution in [2.45, 2.75) is 6.92 Å². The summed E-state index contributed by atoms with van der Waals surface area (Å²) in [5.41, 5.74) is 3.69. The molecule has 1 aromatic carbocycles. The molecule has 0 spiro atoms. The lowest BCUT2D eigenvalue weighted by molar-refractivity contribution is 0.432. The normalized spacial score (nSPS) is 10.5. The molecule has 5 heteroatoms. The van der Waals surface area contributed by atoms with E-state index >= 15 is 0 Å². The number of nitrogens with one attached hydrogen (secondary N) is 1. The number of hydrogen-bond acceptors (Lipinski definition) is 5. The Labute approximate surface area is 116 Å². The van der Waals surface area contributed by atoms with Crippen LogP contribution in [-0.4, -0.2) is 22.2 Å². The molecule has 0 aliphatic rings. The Kier molecular flexibility index (Phi) is 3.16. The summed E-state index contributed by atoms with van der Waals surface area (Å²) in [5.74, 6) is 1.00. The maximum absolute atomic E-state index is 5.31. The van der Waals surface area contributed by atoms with Crippen LogP contribution in [0.25, 0.3) is 23.0 Å². The molecular formula is C15H14N4O. The van der Waals surface area contributed by atoms with Crippen LogP contribution in [0.4, 0.5) is 5.69 Å². The molecule has 0 aliphatic heterocycles. The highest BCUT2D eigenvalue weighted by Gasteiger charge is 2.13. The minimum absolute atomic E-state index is 0.493. The predicted octanol–water partition coefficient (Wildman–Crippen LogP) is 3.15. The molecule has 0 fully saturated rings. The zero-order valence-corrected chi connectivity index (χ0v) is 11.3. The summed E-state index contributed by atoms with van der Waals surface area (Å²) in [7, 11) is 1.88. The van der Waals surface area contributed by atoms with Crippen LogP contribution < -0.4 is 5.32 Å². The van der Waals surface area contributed by atoms with Crippen LogP contribution in [-0.2, 0) is 0 Å². The van der Waals surface area contributed by atoms with Crippen molar-refractivity contribution in [2.24, 2.45) is 0 Å². The molecule has 2 heterocycles. The first-order chi connectivity index (χ1) is 9.78. The number of nitrogens with zero attached hydrogens (tertiary/aromatic N) is 3. The van der Waals surface area contributed by atoms with Gasteiger partial charge in [0.05, 0.1) is 0 Å². The van der Waals surface area contributed by atoms with E-state index in [1.165, 1.54) is 0 Å². The van der Waals surface area contributed by atoms with Gasteiger partial charge in [-0.2, -0.15) is 4.98 Å². The van der Waals surface area contributed by atoms with Gasteiger partial charge in [0.2, 0.25) is 5.82 Å². The van der Waals surface area contributed by atoms with Crippen LogP contribution in [0, 0.1) is 6.92 Å². The van der Waals surface area contributed by atoms with Crippen LogP contribution in [0.5, 0.6) is 0 Å². The molecule has 0 aliphatic carbocycles. The molecule has 20 heavy (non-hydrogen) atoms. The maximum Gasteiger partial charge on any atom is 0.258 e. The van der Waals surface area contributed by atoms with Gasteiger partial charge < -0.3 is 9.84 Å². The molecule has 0 bridgehead atoms. The molecule has 100 valence electrons. The fourth-order valence-electron chi connectivity index (χ4n) is 1.94. The van der Waals surface area contributed by atoms with Gasteiger partial charge in [0.15, 0.2) is 0 Å². The van der Waals surface area contributed by atoms with Crippen molar-refractivity contribution in [1.29, 1.82) is 0 Å². The van der Waals surface area contributed by atoms with Crippen LogP contribution in [0.3, 0.4) is 0 Å². The minimum Gasteiger partial charge on any atom is -0.388 e. The van der Waals surface area contributed by atoms with Gasteiger partial charge in [0.1, 0.15) is 5.69 Å². The second-order valence-electron chi connectivity index (χ2n) is 4.42. The van der Waals surface area contributed by atoms with E-state index in [0.29, 0.717) is 11.7 Å². The number of benzene rings is 1. The second-order valence-corrected chi connectivity index (χ2v) is 4.42. The molecular weight excluding hydrogens is 252 g/mol. The van der Waals surface area contributed by atoms with E-state index in [2.05, 4.69) is 20.4 Å². The topological polar surface area (TPSA) is 63.8 Å². The van der Waals surface area contributed by atoms with Gasteiger partial charge in [-0.15, -0.1) is 0 Å². The van der Waals surface area contributed by atoms with Gasteiger partial charge in [-0.05, 0) is 42.8 Å². The minimum atomic E-state index is 0.493. The Balaban J connectivity index is 1.95. The van der Waals surface area contributed by atoms with Crippen LogP contribution >= 0.6 is 0 Å². The van der Waals surface area contributed by atoms with Gasteiger partial charge in [0, 0.05) is 24.5 Å². The highest BCUT2D eigenvalue weighted by Crippen LogP contribution is 2.23. The average molecular weight is 266 g/mol. The lowest BCUT2D eigenvalue weighted by Crippen LogP contribution is -1.89. The van der Waals surface area contributed by atoms with E-state index in [0.717, 1.165) is 22.5 Å². The van der Waals surface area contributed by atoms with Crippen LogP contribution in [0.15, 0.2) is 47.1 Å². The monoisotopic (exact) mass is 266 g/mol. The maximum atomic E-state index is 5.31. The van der Waals surface area contributed by atoms with Gasteiger partial charge in [-0.3, -0.25) is 4.98 Å². The number of pyridine rings is 1. The lowest BCUT2D eigenvalue weighted by Gasteiger charge is -1.99. The molecule has 2 aromatic heterocycles. The summed E-state index contributed by atoms with van der Waals surface area (Å²) in [4.78, 5) is 8.69. The second kappa shape index (κ2) is 5.13. The zero-order chi connectivity index (χ0) is 13.9. The van der Waals surface area contributed by atoms with Crippen LogP contribution in [0.2, 0.25) is 0 Å². The van der Waals surface area contributed by atoms with Crippen molar-refractivity contribution in [1.82, 2.24) is 15.1 Å². The molecule has 3 rings (SSSR count). The summed E-state index contributed by atoms with van der Waals surface area (Å²) in [6.07, 6.45) is 1.72. The number of aromatic nitrogens is 3. The van der Waals surface area contributed by atoms with Gasteiger partial charge >= 0.3 is 0 Å². The third-order valence-corrected chi connectivity index (χ3v) is 3.07. The van der Waals surface area contributed by atoms with E-state index in [-0.39, 0.29) is 0 Å². The molecule has 0 radical (unpaired) electrons. The number of anilines is 1. The van der Waals surface area contributed by atoms with Crippen molar-refractivity contribution >= 4 is 5.69 Å². The van der Waals surface area contributed by atoms with E-state index < -0.39 is 0 Å². The van der Waals surface area contributed by atoms with Gasteiger partial charge in [-0.1, -0.05) is 11.2 Å². The van der Waals surface area contributed by atoms with Gasteiger partial charge in [0.25, 0.3) is 5.89 Å². The highest BCUT2D eigenvalue weighted by atomic mass is 16.5. The summed E-state index contributed by atoms with van der Waals surface area (Å²) in [5, 5.41) is 7.07. The molecule has 1 N–H and O–H groups in total. The quantitative estimate of drug-likeness (QED) is 0.789. The van der Waals surface area contributed by atoms with Crippen molar-refractivity contribution in [3.05, 3.63) is 48.2 Å². The summed E-state index contributed by atoms with van der Waals surface area (Å²) < 4.78 is 5.31. The fourth-order valence-corrected chi connectivity index (χ4v) is 1.94. The van der Waals surface area contributed by atoms with E-state index in [9.17, 15) is 0 Å². The highest BCUT2D eigenvalue weighted by molar-refractivity contribution is 5.61. The summed E-state index contributed by atoms with van der Waals surface area (Å²) >= 11 is 0. The first-order valence-electron chi connectivity index (χ1n) is 6.32. The molecule has 0 saturated heterocycles.